The second kappa shape index (κ2) is 9.28. The Morgan fingerprint density at radius 2 is 1.70 bits per heavy atom. The van der Waals surface area contributed by atoms with E-state index in [9.17, 15) is 9.59 Å². The van der Waals surface area contributed by atoms with Crippen LogP contribution in [-0.4, -0.2) is 32.7 Å². The first kappa shape index (κ1) is 20.6. The molecular weight excluding hydrogens is 370 g/mol. The molecule has 144 valence electrons. The number of carbonyl (C=O) groups is 2. The van der Waals surface area contributed by atoms with Crippen molar-refractivity contribution in [2.75, 3.05) is 26.1 Å². The summed E-state index contributed by atoms with van der Waals surface area (Å²) in [6, 6.07) is 8.77. The number of hydrogen-bond acceptors (Lipinski definition) is 5. The second-order valence-corrected chi connectivity index (χ2v) is 6.40. The highest BCUT2D eigenvalue weighted by Gasteiger charge is 2.13. The fourth-order valence-corrected chi connectivity index (χ4v) is 2.61. The maximum absolute atomic E-state index is 12.1. The summed E-state index contributed by atoms with van der Waals surface area (Å²) in [6.45, 7) is 3.33. The predicted octanol–water partition coefficient (Wildman–Crippen LogP) is 3.70. The topological polar surface area (TPSA) is 73.9 Å². The van der Waals surface area contributed by atoms with Gasteiger partial charge in [0.1, 0.15) is 11.5 Å². The third-order valence-corrected chi connectivity index (χ3v) is 4.35. The van der Waals surface area contributed by atoms with Crippen molar-refractivity contribution in [2.24, 2.45) is 0 Å². The number of anilines is 1. The number of nitrogens with one attached hydrogen (secondary N) is 1. The van der Waals surface area contributed by atoms with Crippen molar-refractivity contribution in [1.82, 2.24) is 0 Å². The minimum absolute atomic E-state index is 0.0489. The molecule has 0 spiro atoms. The summed E-state index contributed by atoms with van der Waals surface area (Å²) in [5.41, 5.74) is 2.97. The fraction of sp³-hybridized carbons (Fsp3) is 0.300. The number of amides is 1. The molecule has 0 heterocycles. The van der Waals surface area contributed by atoms with E-state index in [-0.39, 0.29) is 6.42 Å². The Morgan fingerprint density at radius 3 is 2.37 bits per heavy atom. The fourth-order valence-electron chi connectivity index (χ4n) is 2.45. The molecule has 0 aromatic heterocycles. The van der Waals surface area contributed by atoms with Crippen molar-refractivity contribution in [3.8, 4) is 11.5 Å². The Kier molecular flexibility index (Phi) is 7.07. The molecule has 27 heavy (non-hydrogen) atoms. The Bertz CT molecular complexity index is 851. The molecule has 0 saturated heterocycles. The van der Waals surface area contributed by atoms with Crippen molar-refractivity contribution in [2.45, 2.75) is 20.3 Å². The summed E-state index contributed by atoms with van der Waals surface area (Å²) < 4.78 is 15.5. The van der Waals surface area contributed by atoms with Crippen molar-refractivity contribution < 1.29 is 23.8 Å². The molecule has 1 amide bonds. The van der Waals surface area contributed by atoms with Crippen LogP contribution in [0.1, 0.15) is 16.7 Å². The normalized spacial score (nSPS) is 10.3. The Labute approximate surface area is 163 Å². The zero-order valence-corrected chi connectivity index (χ0v) is 16.5. The van der Waals surface area contributed by atoms with Crippen LogP contribution >= 0.6 is 11.6 Å². The van der Waals surface area contributed by atoms with Gasteiger partial charge in [0.25, 0.3) is 5.91 Å². The minimum Gasteiger partial charge on any atom is -0.496 e. The number of ether oxygens (including phenoxy) is 3. The number of esters is 1. The van der Waals surface area contributed by atoms with E-state index in [1.807, 2.05) is 26.0 Å². The molecule has 0 aliphatic heterocycles. The summed E-state index contributed by atoms with van der Waals surface area (Å²) in [5, 5.41) is 3.19. The van der Waals surface area contributed by atoms with Crippen LogP contribution in [0.3, 0.4) is 0 Å². The second-order valence-electron chi connectivity index (χ2n) is 5.99. The van der Waals surface area contributed by atoms with Gasteiger partial charge in [-0.05, 0) is 42.7 Å². The van der Waals surface area contributed by atoms with Crippen LogP contribution < -0.4 is 14.8 Å². The molecule has 0 saturated carbocycles. The van der Waals surface area contributed by atoms with Gasteiger partial charge in [-0.25, -0.2) is 0 Å². The molecule has 1 N–H and O–H groups in total. The van der Waals surface area contributed by atoms with Gasteiger partial charge in [-0.2, -0.15) is 0 Å². The largest absolute Gasteiger partial charge is 0.496 e. The van der Waals surface area contributed by atoms with Crippen molar-refractivity contribution in [3.63, 3.8) is 0 Å². The van der Waals surface area contributed by atoms with E-state index in [4.69, 9.17) is 25.8 Å². The first-order valence-electron chi connectivity index (χ1n) is 8.27. The molecule has 7 heteroatoms. The lowest BCUT2D eigenvalue weighted by Crippen LogP contribution is -2.22. The summed E-state index contributed by atoms with van der Waals surface area (Å²) in [6.07, 6.45) is 0.0489. The van der Waals surface area contributed by atoms with E-state index in [0.717, 1.165) is 16.7 Å². The monoisotopic (exact) mass is 391 g/mol. The number of rotatable bonds is 7. The average Bonchev–Trinajstić information content (AvgIpc) is 2.64. The molecule has 6 nitrogen and oxygen atoms in total. The highest BCUT2D eigenvalue weighted by Crippen LogP contribution is 2.30. The van der Waals surface area contributed by atoms with E-state index in [2.05, 4.69) is 5.32 Å². The first-order chi connectivity index (χ1) is 12.8. The van der Waals surface area contributed by atoms with Gasteiger partial charge in [-0.15, -0.1) is 0 Å². The molecule has 2 aromatic rings. The van der Waals surface area contributed by atoms with Crippen molar-refractivity contribution >= 4 is 29.2 Å². The van der Waals surface area contributed by atoms with Gasteiger partial charge in [-0.3, -0.25) is 9.59 Å². The lowest BCUT2D eigenvalue weighted by atomic mass is 10.1. The number of hydrogen-bond donors (Lipinski definition) is 1. The van der Waals surface area contributed by atoms with Crippen LogP contribution in [0.5, 0.6) is 11.5 Å². The van der Waals surface area contributed by atoms with E-state index in [1.54, 1.807) is 25.3 Å². The number of benzene rings is 2. The summed E-state index contributed by atoms with van der Waals surface area (Å²) >= 11 is 6.04. The van der Waals surface area contributed by atoms with E-state index in [0.29, 0.717) is 22.2 Å². The first-order valence-corrected chi connectivity index (χ1v) is 8.65. The molecule has 0 fully saturated rings. The average molecular weight is 392 g/mol. The van der Waals surface area contributed by atoms with Crippen molar-refractivity contribution in [1.29, 1.82) is 0 Å². The quantitative estimate of drug-likeness (QED) is 0.728. The number of halogens is 1. The Hall–Kier alpha value is -2.73. The molecule has 0 bridgehead atoms. The van der Waals surface area contributed by atoms with Crippen LogP contribution in [0.2, 0.25) is 5.02 Å². The lowest BCUT2D eigenvalue weighted by molar-refractivity contribution is -0.146. The standard InChI is InChI=1S/C20H22ClNO5/c1-12-5-6-14(8-17(12)25-3)9-20(24)27-11-19(23)22-16-7-13(2)15(21)10-18(16)26-4/h5-8,10H,9,11H2,1-4H3,(H,22,23). The maximum atomic E-state index is 12.1. The van der Waals surface area contributed by atoms with E-state index < -0.39 is 18.5 Å². The number of aryl methyl sites for hydroxylation is 2. The molecule has 0 aliphatic rings. The molecule has 2 aromatic carbocycles. The van der Waals surface area contributed by atoms with Crippen LogP contribution in [-0.2, 0) is 20.7 Å². The summed E-state index contributed by atoms with van der Waals surface area (Å²) in [7, 11) is 3.05. The van der Waals surface area contributed by atoms with Gasteiger partial charge in [-0.1, -0.05) is 23.7 Å². The summed E-state index contributed by atoms with van der Waals surface area (Å²) in [4.78, 5) is 24.1. The van der Waals surface area contributed by atoms with E-state index >= 15 is 0 Å². The van der Waals surface area contributed by atoms with Gasteiger partial charge >= 0.3 is 5.97 Å². The third kappa shape index (κ3) is 5.62. The van der Waals surface area contributed by atoms with Gasteiger partial charge in [0.15, 0.2) is 6.61 Å². The molecule has 0 radical (unpaired) electrons. The molecule has 0 aliphatic carbocycles. The zero-order valence-electron chi connectivity index (χ0n) is 15.7. The Balaban J connectivity index is 1.92. The third-order valence-electron chi connectivity index (χ3n) is 3.94. The Morgan fingerprint density at radius 1 is 1.00 bits per heavy atom. The minimum atomic E-state index is -0.504. The van der Waals surface area contributed by atoms with Crippen LogP contribution in [0.4, 0.5) is 5.69 Å². The van der Waals surface area contributed by atoms with Crippen LogP contribution in [0, 0.1) is 13.8 Å². The van der Waals surface area contributed by atoms with Crippen LogP contribution in [0.25, 0.3) is 0 Å². The van der Waals surface area contributed by atoms with E-state index in [1.165, 1.54) is 7.11 Å². The van der Waals surface area contributed by atoms with Gasteiger partial charge in [0.2, 0.25) is 0 Å². The highest BCUT2D eigenvalue weighted by atomic mass is 35.5. The van der Waals surface area contributed by atoms with Gasteiger partial charge in [0.05, 0.1) is 26.3 Å². The highest BCUT2D eigenvalue weighted by molar-refractivity contribution is 6.31. The number of methoxy groups -OCH3 is 2. The molecule has 2 rings (SSSR count). The van der Waals surface area contributed by atoms with Crippen LogP contribution in [0.15, 0.2) is 30.3 Å². The molecule has 0 unspecified atom stereocenters. The number of carbonyl (C=O) groups excluding carboxylic acids is 2. The maximum Gasteiger partial charge on any atom is 0.310 e. The smallest absolute Gasteiger partial charge is 0.310 e. The van der Waals surface area contributed by atoms with Gasteiger partial charge < -0.3 is 19.5 Å². The molecular formula is C20H22ClNO5. The summed E-state index contributed by atoms with van der Waals surface area (Å²) in [5.74, 6) is 0.153. The SMILES string of the molecule is COc1cc(CC(=O)OCC(=O)Nc2cc(C)c(Cl)cc2OC)ccc1C. The predicted molar refractivity (Wildman–Crippen MR) is 104 cm³/mol. The lowest BCUT2D eigenvalue weighted by Gasteiger charge is -2.12. The molecule has 0 atom stereocenters. The van der Waals surface area contributed by atoms with Crippen molar-refractivity contribution in [3.05, 3.63) is 52.0 Å². The van der Waals surface area contributed by atoms with Gasteiger partial charge in [0, 0.05) is 11.1 Å². The zero-order chi connectivity index (χ0) is 20.0.